The zero-order chi connectivity index (χ0) is 28.1. The molecule has 0 radical (unpaired) electrons. The van der Waals surface area contributed by atoms with Gasteiger partial charge in [0.1, 0.15) is 18.4 Å². The van der Waals surface area contributed by atoms with Crippen molar-refractivity contribution in [3.8, 4) is 5.75 Å². The van der Waals surface area contributed by atoms with Crippen LogP contribution < -0.4 is 15.2 Å². The fraction of sp³-hybridized carbons (Fsp3) is 0.455. The Morgan fingerprint density at radius 3 is 2.57 bits per heavy atom. The number of nitro benzene ring substituents is 1. The first-order valence-electron chi connectivity index (χ1n) is 11.0. The Morgan fingerprint density at radius 2 is 2.05 bits per heavy atom. The van der Waals surface area contributed by atoms with Crippen molar-refractivity contribution in [2.75, 3.05) is 13.2 Å². The van der Waals surface area contributed by atoms with Crippen LogP contribution in [-0.4, -0.2) is 77.6 Å². The maximum absolute atomic E-state index is 13.3. The Labute approximate surface area is 213 Å². The predicted octanol–water partition coefficient (Wildman–Crippen LogP) is 1.10. The summed E-state index contributed by atoms with van der Waals surface area (Å²) in [5.41, 5.74) is 3.71. The van der Waals surface area contributed by atoms with E-state index in [1.54, 1.807) is 20.8 Å². The minimum Gasteiger partial charge on any atom is -0.483 e. The van der Waals surface area contributed by atoms with Crippen LogP contribution in [0.5, 0.6) is 5.75 Å². The average molecular weight is 543 g/mol. The van der Waals surface area contributed by atoms with Crippen molar-refractivity contribution >= 4 is 27.8 Å². The van der Waals surface area contributed by atoms with E-state index in [4.69, 9.17) is 15.2 Å². The van der Waals surface area contributed by atoms with Crippen LogP contribution in [0.25, 0.3) is 0 Å². The maximum atomic E-state index is 13.3. The summed E-state index contributed by atoms with van der Waals surface area (Å²) in [6.45, 7) is 7.50. The number of hydrogen-bond donors (Lipinski definition) is 4. The number of nitrogens with one attached hydrogen (secondary N) is 1. The van der Waals surface area contributed by atoms with E-state index in [0.29, 0.717) is 0 Å². The molecule has 1 aromatic rings. The summed E-state index contributed by atoms with van der Waals surface area (Å²) < 4.78 is 39.5. The summed E-state index contributed by atoms with van der Waals surface area (Å²) in [6.07, 6.45) is -0.449. The molecule has 0 spiro atoms. The molecule has 2 rings (SSSR count). The molecule has 37 heavy (non-hydrogen) atoms. The van der Waals surface area contributed by atoms with Gasteiger partial charge in [-0.2, -0.15) is 0 Å². The van der Waals surface area contributed by atoms with E-state index in [-0.39, 0.29) is 24.4 Å². The molecule has 0 fully saturated rings. The van der Waals surface area contributed by atoms with Gasteiger partial charge in [-0.15, -0.1) is 0 Å². The van der Waals surface area contributed by atoms with Crippen molar-refractivity contribution in [1.82, 2.24) is 9.62 Å². The number of nitrogens with zero attached hydrogens (tertiary/aromatic N) is 2. The average Bonchev–Trinajstić information content (AvgIpc) is 2.76. The summed E-state index contributed by atoms with van der Waals surface area (Å²) >= 11 is 0. The van der Waals surface area contributed by atoms with Gasteiger partial charge in [-0.05, 0) is 44.6 Å². The molecule has 1 amide bonds. The van der Waals surface area contributed by atoms with Crippen LogP contribution in [0.4, 0.5) is 10.5 Å². The normalized spacial score (nSPS) is 18.9. The number of hydrogen-bond acceptors (Lipinski definition) is 10. The molecule has 0 bridgehead atoms. The maximum Gasteiger partial charge on any atom is 0.411 e. The van der Waals surface area contributed by atoms with E-state index in [0.717, 1.165) is 17.0 Å². The Balaban J connectivity index is 2.56. The first kappa shape index (κ1) is 29.7. The van der Waals surface area contributed by atoms with E-state index in [1.807, 2.05) is 0 Å². The van der Waals surface area contributed by atoms with Gasteiger partial charge in [0.05, 0.1) is 11.0 Å². The number of carboxylic acids is 1. The SMILES string of the molecule is C=CCOc1cccc(S(=O)(=O)N[C@@H]2CN(C(=O)OC(C)(C)C)C(C(=O)O)C=C2C[C@@H](N)O)c1[N+](=O)[O-]. The van der Waals surface area contributed by atoms with Crippen LogP contribution in [0.2, 0.25) is 0 Å². The molecular formula is C22H30N4O10S. The number of carbonyl (C=O) groups excluding carboxylic acids is 1. The minimum absolute atomic E-state index is 0.0625. The molecular weight excluding hydrogens is 512 g/mol. The molecule has 1 unspecified atom stereocenters. The molecule has 0 saturated heterocycles. The molecule has 1 aliphatic heterocycles. The fourth-order valence-electron chi connectivity index (χ4n) is 3.53. The van der Waals surface area contributed by atoms with Crippen LogP contribution in [0, 0.1) is 10.1 Å². The van der Waals surface area contributed by atoms with Gasteiger partial charge < -0.3 is 25.4 Å². The largest absolute Gasteiger partial charge is 0.483 e. The lowest BCUT2D eigenvalue weighted by Gasteiger charge is -2.38. The highest BCUT2D eigenvalue weighted by Gasteiger charge is 2.41. The third-order valence-electron chi connectivity index (χ3n) is 4.95. The lowest BCUT2D eigenvalue weighted by molar-refractivity contribution is -0.388. The number of carboxylic acid groups (broad SMARTS) is 1. The summed E-state index contributed by atoms with van der Waals surface area (Å²) in [7, 11) is -4.66. The molecule has 0 saturated carbocycles. The van der Waals surface area contributed by atoms with Crippen LogP contribution in [-0.2, 0) is 19.6 Å². The van der Waals surface area contributed by atoms with Gasteiger partial charge in [-0.3, -0.25) is 15.0 Å². The van der Waals surface area contributed by atoms with Gasteiger partial charge >= 0.3 is 17.7 Å². The molecule has 3 atom stereocenters. The van der Waals surface area contributed by atoms with Crippen molar-refractivity contribution in [3.05, 3.63) is 52.6 Å². The molecule has 1 aromatic carbocycles. The molecule has 1 heterocycles. The van der Waals surface area contributed by atoms with E-state index < -0.39 is 68.0 Å². The van der Waals surface area contributed by atoms with Gasteiger partial charge in [-0.1, -0.05) is 18.7 Å². The second kappa shape index (κ2) is 11.7. The predicted molar refractivity (Wildman–Crippen MR) is 130 cm³/mol. The van der Waals surface area contributed by atoms with Crippen molar-refractivity contribution < 1.29 is 42.6 Å². The third-order valence-corrected chi connectivity index (χ3v) is 6.45. The number of sulfonamides is 1. The molecule has 14 nitrogen and oxygen atoms in total. The quantitative estimate of drug-likeness (QED) is 0.142. The Hall–Kier alpha value is -3.53. The summed E-state index contributed by atoms with van der Waals surface area (Å²) in [4.78, 5) is 35.6. The van der Waals surface area contributed by atoms with Gasteiger partial charge in [0, 0.05) is 13.0 Å². The lowest BCUT2D eigenvalue weighted by atomic mass is 9.95. The number of aliphatic hydroxyl groups is 1. The van der Waals surface area contributed by atoms with Crippen molar-refractivity contribution in [1.29, 1.82) is 0 Å². The van der Waals surface area contributed by atoms with Crippen molar-refractivity contribution in [2.24, 2.45) is 5.73 Å². The standard InChI is InChI=1S/C22H30N4O10S/c1-5-9-35-16-7-6-8-17(19(16)26(31)32)37(33,34)24-14-12-25(21(30)36-22(2,3)4)15(20(28)29)10-13(14)11-18(23)27/h5-8,10,14-15,18,24,27H,1,9,11-12,23H2,2-4H3,(H,28,29)/t14-,15?,18+/m1/s1. The number of nitro groups is 1. The summed E-state index contributed by atoms with van der Waals surface area (Å²) in [5, 5.41) is 31.2. The van der Waals surface area contributed by atoms with Crippen LogP contribution >= 0.6 is 0 Å². The number of aliphatic hydroxyl groups excluding tert-OH is 1. The molecule has 0 aliphatic carbocycles. The van der Waals surface area contributed by atoms with Crippen LogP contribution in [0.3, 0.4) is 0 Å². The van der Waals surface area contributed by atoms with E-state index in [1.165, 1.54) is 18.2 Å². The lowest BCUT2D eigenvalue weighted by Crippen LogP contribution is -2.56. The van der Waals surface area contributed by atoms with Crippen LogP contribution in [0.15, 0.2) is 47.4 Å². The van der Waals surface area contributed by atoms with Gasteiger partial charge in [0.2, 0.25) is 10.0 Å². The van der Waals surface area contributed by atoms with Gasteiger partial charge in [0.15, 0.2) is 16.7 Å². The van der Waals surface area contributed by atoms with Crippen LogP contribution in [0.1, 0.15) is 27.2 Å². The number of amides is 1. The highest BCUT2D eigenvalue weighted by Crippen LogP contribution is 2.34. The first-order valence-corrected chi connectivity index (χ1v) is 12.5. The summed E-state index contributed by atoms with van der Waals surface area (Å²) in [6, 6.07) is 0.614. The zero-order valence-corrected chi connectivity index (χ0v) is 21.3. The first-order chi connectivity index (χ1) is 17.1. The fourth-order valence-corrected chi connectivity index (χ4v) is 4.94. The number of aliphatic carboxylic acids is 1. The Morgan fingerprint density at radius 1 is 1.41 bits per heavy atom. The topological polar surface area (TPSA) is 212 Å². The van der Waals surface area contributed by atoms with Gasteiger partial charge in [-0.25, -0.2) is 22.7 Å². The second-order valence-electron chi connectivity index (χ2n) is 9.06. The molecule has 204 valence electrons. The monoisotopic (exact) mass is 542 g/mol. The number of ether oxygens (including phenoxy) is 2. The number of carbonyl (C=O) groups is 2. The number of para-hydroxylation sites is 1. The van der Waals surface area contributed by atoms with Crippen molar-refractivity contribution in [3.63, 3.8) is 0 Å². The second-order valence-corrected chi connectivity index (χ2v) is 10.7. The summed E-state index contributed by atoms with van der Waals surface area (Å²) in [5.74, 6) is -1.75. The molecule has 0 aromatic heterocycles. The molecule has 1 aliphatic rings. The number of nitrogens with two attached hydrogens (primary N) is 1. The molecule has 15 heteroatoms. The number of benzene rings is 1. The van der Waals surface area contributed by atoms with Gasteiger partial charge in [0.25, 0.3) is 0 Å². The minimum atomic E-state index is -4.66. The van der Waals surface area contributed by atoms with E-state index in [9.17, 15) is 38.3 Å². The Kier molecular flexibility index (Phi) is 9.38. The highest BCUT2D eigenvalue weighted by atomic mass is 32.2. The van der Waals surface area contributed by atoms with E-state index in [2.05, 4.69) is 11.3 Å². The number of rotatable bonds is 10. The van der Waals surface area contributed by atoms with Crippen molar-refractivity contribution in [2.45, 2.75) is 56.0 Å². The smallest absolute Gasteiger partial charge is 0.411 e. The highest BCUT2D eigenvalue weighted by molar-refractivity contribution is 7.89. The van der Waals surface area contributed by atoms with E-state index >= 15 is 0 Å². The Bertz CT molecular complexity index is 1190. The third kappa shape index (κ3) is 7.72. The zero-order valence-electron chi connectivity index (χ0n) is 20.5. The molecule has 5 N–H and O–H groups in total.